The summed E-state index contributed by atoms with van der Waals surface area (Å²) < 4.78 is 23.4. The number of rotatable bonds is 5. The molecule has 0 saturated carbocycles. The van der Waals surface area contributed by atoms with Crippen molar-refractivity contribution in [2.24, 2.45) is 0 Å². The highest BCUT2D eigenvalue weighted by atomic mass is 35.5. The van der Waals surface area contributed by atoms with Crippen LogP contribution in [0, 0.1) is 13.8 Å². The van der Waals surface area contributed by atoms with Crippen LogP contribution in [0.3, 0.4) is 0 Å². The first-order valence-electron chi connectivity index (χ1n) is 8.23. The largest absolute Gasteiger partial charge is 0.486 e. The zero-order valence-corrected chi connectivity index (χ0v) is 16.2. The van der Waals surface area contributed by atoms with E-state index in [0.717, 1.165) is 22.4 Å². The molecule has 1 heterocycles. The lowest BCUT2D eigenvalue weighted by Crippen LogP contribution is -2.21. The number of halogens is 1. The Kier molecular flexibility index (Phi) is 5.84. The topological polar surface area (TPSA) is 64.6 Å². The number of benzene rings is 2. The first-order valence-corrected chi connectivity index (χ1v) is 10.1. The van der Waals surface area contributed by atoms with Gasteiger partial charge in [-0.2, -0.15) is 0 Å². The quantitative estimate of drug-likeness (QED) is 0.842. The third-order valence-corrected chi connectivity index (χ3v) is 5.54. The van der Waals surface area contributed by atoms with Gasteiger partial charge in [-0.15, -0.1) is 0 Å². The van der Waals surface area contributed by atoms with Crippen molar-refractivity contribution in [2.75, 3.05) is 24.3 Å². The Hall–Kier alpha value is -2.05. The van der Waals surface area contributed by atoms with Gasteiger partial charge in [-0.3, -0.25) is 9.00 Å². The van der Waals surface area contributed by atoms with Crippen LogP contribution < -0.4 is 14.8 Å². The van der Waals surface area contributed by atoms with Crippen molar-refractivity contribution in [1.29, 1.82) is 0 Å². The van der Waals surface area contributed by atoms with Gasteiger partial charge in [-0.25, -0.2) is 0 Å². The number of aryl methyl sites for hydroxylation is 2. The fraction of sp³-hybridized carbons (Fsp3) is 0.316. The van der Waals surface area contributed by atoms with Gasteiger partial charge in [0.15, 0.2) is 11.5 Å². The van der Waals surface area contributed by atoms with E-state index in [2.05, 4.69) is 5.32 Å². The Balaban J connectivity index is 1.64. The van der Waals surface area contributed by atoms with Gasteiger partial charge in [-0.05, 0) is 42.7 Å². The van der Waals surface area contributed by atoms with Crippen LogP contribution in [0.5, 0.6) is 11.5 Å². The summed E-state index contributed by atoms with van der Waals surface area (Å²) in [5.41, 5.74) is 3.47. The zero-order valence-electron chi connectivity index (χ0n) is 14.6. The smallest absolute Gasteiger partial charge is 0.237 e. The van der Waals surface area contributed by atoms with Gasteiger partial charge in [0.05, 0.1) is 5.02 Å². The normalized spacial score (nSPS) is 14.0. The first kappa shape index (κ1) is 18.7. The fourth-order valence-corrected chi connectivity index (χ4v) is 4.11. The zero-order chi connectivity index (χ0) is 18.7. The molecule has 2 aromatic rings. The first-order chi connectivity index (χ1) is 12.4. The van der Waals surface area contributed by atoms with Crippen LogP contribution in [0.15, 0.2) is 30.3 Å². The molecule has 1 aliphatic heterocycles. The molecule has 1 atom stereocenters. The number of carbonyl (C=O) groups excluding carboxylic acids is 1. The molecule has 5 nitrogen and oxygen atoms in total. The van der Waals surface area contributed by atoms with Crippen molar-refractivity contribution in [3.8, 4) is 11.5 Å². The van der Waals surface area contributed by atoms with E-state index < -0.39 is 10.8 Å². The van der Waals surface area contributed by atoms with Crippen molar-refractivity contribution in [3.63, 3.8) is 0 Å². The maximum atomic E-state index is 12.4. The Morgan fingerprint density at radius 3 is 2.62 bits per heavy atom. The third kappa shape index (κ3) is 4.37. The highest BCUT2D eigenvalue weighted by Crippen LogP contribution is 2.38. The van der Waals surface area contributed by atoms with E-state index in [1.165, 1.54) is 0 Å². The SMILES string of the molecule is Cc1cccc(C)c1NC(=O)CS(=O)Cc1cc(Cl)c2c(c1)OCCO2. The number of fused-ring (bicyclic) bond motifs is 1. The second kappa shape index (κ2) is 8.10. The average molecular weight is 394 g/mol. The molecule has 26 heavy (non-hydrogen) atoms. The summed E-state index contributed by atoms with van der Waals surface area (Å²) in [5.74, 6) is 0.927. The molecule has 0 spiro atoms. The van der Waals surface area contributed by atoms with Gasteiger partial charge in [0, 0.05) is 22.2 Å². The molecular formula is C19H20ClNO4S. The van der Waals surface area contributed by atoms with Crippen molar-refractivity contribution in [2.45, 2.75) is 19.6 Å². The van der Waals surface area contributed by atoms with Gasteiger partial charge < -0.3 is 14.8 Å². The number of ether oxygens (including phenoxy) is 2. The molecular weight excluding hydrogens is 374 g/mol. The van der Waals surface area contributed by atoms with E-state index in [-0.39, 0.29) is 17.4 Å². The van der Waals surface area contributed by atoms with Crippen LogP contribution in [0.25, 0.3) is 0 Å². The number of carbonyl (C=O) groups is 1. The molecule has 0 radical (unpaired) electrons. The van der Waals surface area contributed by atoms with Gasteiger partial charge in [-0.1, -0.05) is 29.8 Å². The average Bonchev–Trinajstić information content (AvgIpc) is 2.58. The monoisotopic (exact) mass is 393 g/mol. The summed E-state index contributed by atoms with van der Waals surface area (Å²) in [5, 5.41) is 3.28. The highest BCUT2D eigenvalue weighted by molar-refractivity contribution is 7.84. The van der Waals surface area contributed by atoms with Crippen molar-refractivity contribution in [1.82, 2.24) is 0 Å². The molecule has 0 aromatic heterocycles. The molecule has 0 fully saturated rings. The molecule has 0 saturated heterocycles. The van der Waals surface area contributed by atoms with E-state index in [1.54, 1.807) is 12.1 Å². The van der Waals surface area contributed by atoms with Crippen molar-refractivity contribution >= 4 is 34.0 Å². The summed E-state index contributed by atoms with van der Waals surface area (Å²) in [7, 11) is -1.36. The van der Waals surface area contributed by atoms with Crippen LogP contribution in [0.2, 0.25) is 5.02 Å². The highest BCUT2D eigenvalue weighted by Gasteiger charge is 2.18. The Morgan fingerprint density at radius 1 is 1.19 bits per heavy atom. The minimum Gasteiger partial charge on any atom is -0.486 e. The van der Waals surface area contributed by atoms with Crippen molar-refractivity contribution in [3.05, 3.63) is 52.0 Å². The van der Waals surface area contributed by atoms with Crippen LogP contribution in [-0.4, -0.2) is 29.1 Å². The Morgan fingerprint density at radius 2 is 1.88 bits per heavy atom. The molecule has 0 bridgehead atoms. The molecule has 138 valence electrons. The molecule has 1 amide bonds. The summed E-state index contributed by atoms with van der Waals surface area (Å²) in [6.07, 6.45) is 0. The summed E-state index contributed by atoms with van der Waals surface area (Å²) in [6, 6.07) is 9.26. The maximum Gasteiger partial charge on any atom is 0.237 e. The van der Waals surface area contributed by atoms with E-state index in [9.17, 15) is 9.00 Å². The number of amides is 1. The Bertz CT molecular complexity index is 849. The third-order valence-electron chi connectivity index (χ3n) is 4.02. The molecule has 1 aliphatic rings. The molecule has 2 aromatic carbocycles. The van der Waals surface area contributed by atoms with Gasteiger partial charge in [0.25, 0.3) is 0 Å². The predicted molar refractivity (Wildman–Crippen MR) is 104 cm³/mol. The molecule has 7 heteroatoms. The van der Waals surface area contributed by atoms with E-state index >= 15 is 0 Å². The van der Waals surface area contributed by atoms with E-state index in [0.29, 0.717) is 29.7 Å². The number of hydrogen-bond acceptors (Lipinski definition) is 4. The standard InChI is InChI=1S/C19H20ClNO4S/c1-12-4-3-5-13(2)18(12)21-17(22)11-26(23)10-14-8-15(20)19-16(9-14)24-6-7-25-19/h3-5,8-9H,6-7,10-11H2,1-2H3,(H,21,22). The second-order valence-electron chi connectivity index (χ2n) is 6.15. The van der Waals surface area contributed by atoms with Crippen molar-refractivity contribution < 1.29 is 18.5 Å². The summed E-state index contributed by atoms with van der Waals surface area (Å²) in [6.45, 7) is 4.76. The number of para-hydroxylation sites is 1. The van der Waals surface area contributed by atoms with Gasteiger partial charge in [0.2, 0.25) is 5.91 Å². The summed E-state index contributed by atoms with van der Waals surface area (Å²) >= 11 is 6.20. The Labute approximate surface area is 160 Å². The van der Waals surface area contributed by atoms with E-state index in [1.807, 2.05) is 32.0 Å². The number of hydrogen-bond donors (Lipinski definition) is 1. The number of anilines is 1. The van der Waals surface area contributed by atoms with Crippen LogP contribution in [0.1, 0.15) is 16.7 Å². The molecule has 3 rings (SSSR count). The lowest BCUT2D eigenvalue weighted by atomic mass is 10.1. The minimum absolute atomic E-state index is 0.0835. The predicted octanol–water partition coefficient (Wildman–Crippen LogP) is 3.62. The number of nitrogens with one attached hydrogen (secondary N) is 1. The molecule has 0 aliphatic carbocycles. The van der Waals surface area contributed by atoms with Gasteiger partial charge >= 0.3 is 0 Å². The maximum absolute atomic E-state index is 12.4. The van der Waals surface area contributed by atoms with E-state index in [4.69, 9.17) is 21.1 Å². The van der Waals surface area contributed by atoms with Crippen LogP contribution >= 0.6 is 11.6 Å². The van der Waals surface area contributed by atoms with Crippen LogP contribution in [-0.2, 0) is 21.3 Å². The lowest BCUT2D eigenvalue weighted by molar-refractivity contribution is -0.113. The molecule has 1 N–H and O–H groups in total. The summed E-state index contributed by atoms with van der Waals surface area (Å²) in [4.78, 5) is 12.2. The van der Waals surface area contributed by atoms with Crippen LogP contribution in [0.4, 0.5) is 5.69 Å². The minimum atomic E-state index is -1.36. The fourth-order valence-electron chi connectivity index (χ4n) is 2.82. The second-order valence-corrected chi connectivity index (χ2v) is 8.01. The molecule has 1 unspecified atom stereocenters. The lowest BCUT2D eigenvalue weighted by Gasteiger charge is -2.20. The van der Waals surface area contributed by atoms with Gasteiger partial charge in [0.1, 0.15) is 19.0 Å².